The van der Waals surface area contributed by atoms with Crippen molar-refractivity contribution in [3.8, 4) is 56.2 Å². The quantitative estimate of drug-likeness (QED) is 0.205. The van der Waals surface area contributed by atoms with Gasteiger partial charge in [-0.05, 0) is 57.6 Å². The van der Waals surface area contributed by atoms with E-state index >= 15 is 0 Å². The van der Waals surface area contributed by atoms with Crippen molar-refractivity contribution in [2.45, 2.75) is 19.3 Å². The summed E-state index contributed by atoms with van der Waals surface area (Å²) in [6.45, 7) is 4.61. The van der Waals surface area contributed by atoms with Crippen LogP contribution in [0.4, 0.5) is 0 Å². The molecule has 2 aromatic heterocycles. The minimum atomic E-state index is -0.0931. The highest BCUT2D eigenvalue weighted by molar-refractivity contribution is 6.14. The molecule has 0 amide bonds. The Morgan fingerprint density at radius 1 is 0.457 bits per heavy atom. The molecule has 8 aromatic rings. The lowest BCUT2D eigenvalue weighted by molar-refractivity contribution is 0.647. The average molecular weight is 591 g/mol. The van der Waals surface area contributed by atoms with Crippen LogP contribution in [0, 0.1) is 0 Å². The van der Waals surface area contributed by atoms with Crippen molar-refractivity contribution < 1.29 is 4.42 Å². The van der Waals surface area contributed by atoms with Crippen LogP contribution in [0.5, 0.6) is 0 Å². The lowest BCUT2D eigenvalue weighted by Crippen LogP contribution is -2.14. The van der Waals surface area contributed by atoms with Crippen molar-refractivity contribution in [2.75, 3.05) is 0 Å². The fourth-order valence-electron chi connectivity index (χ4n) is 7.15. The van der Waals surface area contributed by atoms with E-state index in [2.05, 4.69) is 135 Å². The zero-order valence-electron chi connectivity index (χ0n) is 25.7. The predicted molar refractivity (Wildman–Crippen MR) is 189 cm³/mol. The van der Waals surface area contributed by atoms with Crippen molar-refractivity contribution in [3.05, 3.63) is 157 Å². The smallest absolute Gasteiger partial charge is 0.160 e. The number of rotatable bonds is 4. The average Bonchev–Trinajstić information content (AvgIpc) is 3.59. The second kappa shape index (κ2) is 10.1. The lowest BCUT2D eigenvalue weighted by Gasteiger charge is -2.21. The first-order valence-corrected chi connectivity index (χ1v) is 15.7. The lowest BCUT2D eigenvalue weighted by atomic mass is 9.82. The van der Waals surface area contributed by atoms with Crippen molar-refractivity contribution in [1.82, 2.24) is 9.97 Å². The monoisotopic (exact) mass is 590 g/mol. The summed E-state index contributed by atoms with van der Waals surface area (Å²) < 4.78 is 6.57. The van der Waals surface area contributed by atoms with Gasteiger partial charge in [-0.25, -0.2) is 9.97 Å². The van der Waals surface area contributed by atoms with Crippen LogP contribution in [-0.4, -0.2) is 9.97 Å². The molecule has 0 radical (unpaired) electrons. The van der Waals surface area contributed by atoms with Gasteiger partial charge in [0, 0.05) is 32.9 Å². The molecule has 2 heterocycles. The van der Waals surface area contributed by atoms with E-state index in [-0.39, 0.29) is 5.41 Å². The van der Waals surface area contributed by atoms with Crippen LogP contribution in [0.15, 0.2) is 150 Å². The molecule has 46 heavy (non-hydrogen) atoms. The number of benzene rings is 6. The summed E-state index contributed by atoms with van der Waals surface area (Å²) in [6.07, 6.45) is 0. The highest BCUT2D eigenvalue weighted by Crippen LogP contribution is 2.51. The molecule has 218 valence electrons. The van der Waals surface area contributed by atoms with E-state index in [1.54, 1.807) is 0 Å². The third-order valence-electron chi connectivity index (χ3n) is 9.52. The van der Waals surface area contributed by atoms with Crippen LogP contribution >= 0.6 is 0 Å². The van der Waals surface area contributed by atoms with Gasteiger partial charge in [0.15, 0.2) is 5.82 Å². The van der Waals surface area contributed by atoms with Crippen molar-refractivity contribution >= 4 is 21.9 Å². The van der Waals surface area contributed by atoms with Crippen LogP contribution < -0.4 is 0 Å². The molecule has 0 spiro atoms. The number of furan rings is 1. The minimum Gasteiger partial charge on any atom is -0.456 e. The van der Waals surface area contributed by atoms with Gasteiger partial charge in [0.2, 0.25) is 0 Å². The van der Waals surface area contributed by atoms with Crippen LogP contribution in [0.25, 0.3) is 78.1 Å². The van der Waals surface area contributed by atoms with Gasteiger partial charge in [0.25, 0.3) is 0 Å². The first kappa shape index (κ1) is 26.6. The molecule has 1 aliphatic rings. The predicted octanol–water partition coefficient (Wildman–Crippen LogP) is 11.4. The Labute approximate surface area is 267 Å². The molecule has 0 aliphatic heterocycles. The fourth-order valence-corrected chi connectivity index (χ4v) is 7.15. The molecule has 0 N–H and O–H groups in total. The zero-order chi connectivity index (χ0) is 30.8. The maximum absolute atomic E-state index is 6.57. The minimum absolute atomic E-state index is 0.0931. The van der Waals surface area contributed by atoms with E-state index in [4.69, 9.17) is 14.4 Å². The van der Waals surface area contributed by atoms with Crippen LogP contribution in [0.1, 0.15) is 25.0 Å². The molecule has 0 saturated heterocycles. The SMILES string of the molecule is CC1(C)c2ccccc2-c2cc3c(cc21)oc1cccc(-c2cc(-c4ccc(-c5ccccc5)cc4)nc(-c4ccccc4)n2)c13. The van der Waals surface area contributed by atoms with Crippen LogP contribution in [0.3, 0.4) is 0 Å². The van der Waals surface area contributed by atoms with E-state index in [0.29, 0.717) is 5.82 Å². The summed E-state index contributed by atoms with van der Waals surface area (Å²) in [4.78, 5) is 10.3. The van der Waals surface area contributed by atoms with Crippen molar-refractivity contribution in [1.29, 1.82) is 0 Å². The highest BCUT2D eigenvalue weighted by Gasteiger charge is 2.36. The van der Waals surface area contributed by atoms with E-state index < -0.39 is 0 Å². The number of hydrogen-bond acceptors (Lipinski definition) is 3. The van der Waals surface area contributed by atoms with Gasteiger partial charge in [-0.3, -0.25) is 0 Å². The maximum Gasteiger partial charge on any atom is 0.160 e. The topological polar surface area (TPSA) is 38.9 Å². The Morgan fingerprint density at radius 3 is 1.87 bits per heavy atom. The largest absolute Gasteiger partial charge is 0.456 e. The maximum atomic E-state index is 6.57. The molecule has 0 unspecified atom stereocenters. The molecule has 6 aromatic carbocycles. The molecule has 0 fully saturated rings. The van der Waals surface area contributed by atoms with Crippen molar-refractivity contribution in [2.24, 2.45) is 0 Å². The Balaban J connectivity index is 1.25. The molecule has 0 atom stereocenters. The van der Waals surface area contributed by atoms with Gasteiger partial charge in [-0.15, -0.1) is 0 Å². The second-order valence-corrected chi connectivity index (χ2v) is 12.6. The Bertz CT molecular complexity index is 2420. The molecule has 0 bridgehead atoms. The van der Waals surface area contributed by atoms with Crippen molar-refractivity contribution in [3.63, 3.8) is 0 Å². The van der Waals surface area contributed by atoms with E-state index in [1.807, 2.05) is 24.3 Å². The molecule has 1 aliphatic carbocycles. The Morgan fingerprint density at radius 2 is 1.09 bits per heavy atom. The third-order valence-corrected chi connectivity index (χ3v) is 9.52. The summed E-state index contributed by atoms with van der Waals surface area (Å²) in [5.74, 6) is 0.696. The third kappa shape index (κ3) is 4.13. The Kier molecular flexibility index (Phi) is 5.85. The summed E-state index contributed by atoms with van der Waals surface area (Å²) in [5, 5.41) is 2.18. The first-order chi connectivity index (χ1) is 22.5. The van der Waals surface area contributed by atoms with E-state index in [0.717, 1.165) is 50.0 Å². The van der Waals surface area contributed by atoms with Crippen LogP contribution in [-0.2, 0) is 5.41 Å². The van der Waals surface area contributed by atoms with E-state index in [1.165, 1.54) is 33.4 Å². The number of fused-ring (bicyclic) bond motifs is 6. The van der Waals surface area contributed by atoms with Gasteiger partial charge in [-0.2, -0.15) is 0 Å². The van der Waals surface area contributed by atoms with Gasteiger partial charge >= 0.3 is 0 Å². The standard InChI is InChI=1S/C43H30N2O/c1-43(2)35-18-10-9-16-31(35)33-24-34-40(25-36(33)43)46-39-19-11-17-32(41(34)39)38-26-37(44-42(45-38)30-14-7-4-8-15-30)29-22-20-28(21-23-29)27-12-5-3-6-13-27/h3-26H,1-2H3. The fraction of sp³-hybridized carbons (Fsp3) is 0.0698. The number of aromatic nitrogens is 2. The highest BCUT2D eigenvalue weighted by atomic mass is 16.3. The summed E-state index contributed by atoms with van der Waals surface area (Å²) in [5.41, 5.74) is 14.1. The van der Waals surface area contributed by atoms with Gasteiger partial charge in [0.05, 0.1) is 11.4 Å². The number of nitrogens with zero attached hydrogens (tertiary/aromatic N) is 2. The molecule has 3 heteroatoms. The summed E-state index contributed by atoms with van der Waals surface area (Å²) in [7, 11) is 0. The molecule has 0 saturated carbocycles. The Hall–Kier alpha value is -5.80. The molecule has 9 rings (SSSR count). The van der Waals surface area contributed by atoms with Gasteiger partial charge in [-0.1, -0.05) is 135 Å². The first-order valence-electron chi connectivity index (χ1n) is 15.7. The van der Waals surface area contributed by atoms with Crippen LogP contribution in [0.2, 0.25) is 0 Å². The molecular weight excluding hydrogens is 560 g/mol. The van der Waals surface area contributed by atoms with E-state index in [9.17, 15) is 0 Å². The van der Waals surface area contributed by atoms with Gasteiger partial charge < -0.3 is 4.42 Å². The second-order valence-electron chi connectivity index (χ2n) is 12.6. The summed E-state index contributed by atoms with van der Waals surface area (Å²) in [6, 6.07) is 51.0. The molecule has 3 nitrogen and oxygen atoms in total. The van der Waals surface area contributed by atoms with Gasteiger partial charge in [0.1, 0.15) is 11.2 Å². The zero-order valence-corrected chi connectivity index (χ0v) is 25.7. The normalized spacial score (nSPS) is 13.2. The summed E-state index contributed by atoms with van der Waals surface area (Å²) >= 11 is 0. The number of hydrogen-bond donors (Lipinski definition) is 0. The molecular formula is C43H30N2O.